The Labute approximate surface area is 128 Å². The van der Waals surface area contributed by atoms with E-state index in [4.69, 9.17) is 0 Å². The number of carbonyl (C=O) groups excluding carboxylic acids is 1. The summed E-state index contributed by atoms with van der Waals surface area (Å²) in [4.78, 5) is 11.9. The molecule has 3 atom stereocenters. The molecule has 0 spiro atoms. The minimum atomic E-state index is -0.309. The average molecular weight is 305 g/mol. The molecular weight excluding hydrogens is 276 g/mol. The minimum Gasteiger partial charge on any atom is -0.391 e. The van der Waals surface area contributed by atoms with Gasteiger partial charge in [-0.25, -0.2) is 0 Å². The van der Waals surface area contributed by atoms with Crippen LogP contribution in [-0.2, 0) is 4.79 Å². The van der Waals surface area contributed by atoms with Gasteiger partial charge in [-0.3, -0.25) is 4.79 Å². The topological polar surface area (TPSA) is 61.4 Å². The SMILES string of the molecule is CC(CC(=O)NCC1CNCC1O)C1CCCCC1.Cl. The molecule has 1 saturated heterocycles. The fraction of sp³-hybridized carbons (Fsp3) is 0.933. The van der Waals surface area contributed by atoms with Gasteiger partial charge >= 0.3 is 0 Å². The van der Waals surface area contributed by atoms with Crippen molar-refractivity contribution in [1.29, 1.82) is 0 Å². The summed E-state index contributed by atoms with van der Waals surface area (Å²) >= 11 is 0. The first-order valence-corrected chi connectivity index (χ1v) is 7.82. The number of aliphatic hydroxyl groups excluding tert-OH is 1. The molecule has 3 N–H and O–H groups in total. The van der Waals surface area contributed by atoms with E-state index in [1.807, 2.05) is 0 Å². The van der Waals surface area contributed by atoms with Gasteiger partial charge in [-0.2, -0.15) is 0 Å². The number of carbonyl (C=O) groups is 1. The Morgan fingerprint density at radius 3 is 2.60 bits per heavy atom. The molecule has 3 unspecified atom stereocenters. The van der Waals surface area contributed by atoms with Crippen LogP contribution < -0.4 is 10.6 Å². The van der Waals surface area contributed by atoms with Gasteiger partial charge in [-0.1, -0.05) is 39.0 Å². The lowest BCUT2D eigenvalue weighted by Gasteiger charge is -2.27. The van der Waals surface area contributed by atoms with Gasteiger partial charge in [0.25, 0.3) is 0 Å². The van der Waals surface area contributed by atoms with Crippen molar-refractivity contribution in [3.8, 4) is 0 Å². The van der Waals surface area contributed by atoms with Gasteiger partial charge in [-0.05, 0) is 11.8 Å². The molecule has 0 aromatic carbocycles. The predicted octanol–water partition coefficient (Wildman–Crippen LogP) is 1.71. The fourth-order valence-corrected chi connectivity index (χ4v) is 3.41. The molecule has 1 heterocycles. The van der Waals surface area contributed by atoms with Gasteiger partial charge < -0.3 is 15.7 Å². The Hall–Kier alpha value is -0.320. The lowest BCUT2D eigenvalue weighted by molar-refractivity contribution is -0.122. The second-order valence-corrected chi connectivity index (χ2v) is 6.37. The molecule has 20 heavy (non-hydrogen) atoms. The molecule has 118 valence electrons. The van der Waals surface area contributed by atoms with E-state index >= 15 is 0 Å². The summed E-state index contributed by atoms with van der Waals surface area (Å²) in [5.41, 5.74) is 0. The van der Waals surface area contributed by atoms with Gasteiger partial charge in [0, 0.05) is 32.0 Å². The largest absolute Gasteiger partial charge is 0.391 e. The Morgan fingerprint density at radius 2 is 2.00 bits per heavy atom. The van der Waals surface area contributed by atoms with E-state index in [0.29, 0.717) is 25.4 Å². The quantitative estimate of drug-likeness (QED) is 0.725. The predicted molar refractivity (Wildman–Crippen MR) is 83.0 cm³/mol. The van der Waals surface area contributed by atoms with E-state index in [-0.39, 0.29) is 30.3 Å². The van der Waals surface area contributed by atoms with Crippen LogP contribution in [0.3, 0.4) is 0 Å². The Morgan fingerprint density at radius 1 is 1.30 bits per heavy atom. The molecule has 2 rings (SSSR count). The number of aliphatic hydroxyl groups is 1. The monoisotopic (exact) mass is 304 g/mol. The molecule has 4 nitrogen and oxygen atoms in total. The highest BCUT2D eigenvalue weighted by Crippen LogP contribution is 2.31. The fourth-order valence-electron chi connectivity index (χ4n) is 3.41. The molecule has 1 aliphatic carbocycles. The first kappa shape index (κ1) is 17.7. The zero-order valence-corrected chi connectivity index (χ0v) is 13.3. The molecule has 0 radical (unpaired) electrons. The Bertz CT molecular complexity index is 296. The maximum atomic E-state index is 11.9. The molecule has 0 bridgehead atoms. The van der Waals surface area contributed by atoms with Crippen LogP contribution >= 0.6 is 12.4 Å². The van der Waals surface area contributed by atoms with Crippen LogP contribution in [0.2, 0.25) is 0 Å². The summed E-state index contributed by atoms with van der Waals surface area (Å²) < 4.78 is 0. The van der Waals surface area contributed by atoms with Crippen molar-refractivity contribution in [2.45, 2.75) is 51.6 Å². The molecule has 1 amide bonds. The van der Waals surface area contributed by atoms with Crippen molar-refractivity contribution in [1.82, 2.24) is 10.6 Å². The van der Waals surface area contributed by atoms with Crippen LogP contribution in [0.25, 0.3) is 0 Å². The van der Waals surface area contributed by atoms with Crippen molar-refractivity contribution in [3.63, 3.8) is 0 Å². The number of rotatable bonds is 5. The zero-order valence-electron chi connectivity index (χ0n) is 12.4. The van der Waals surface area contributed by atoms with E-state index in [2.05, 4.69) is 17.6 Å². The summed E-state index contributed by atoms with van der Waals surface area (Å²) in [6, 6.07) is 0. The molecule has 2 fully saturated rings. The van der Waals surface area contributed by atoms with E-state index < -0.39 is 0 Å². The smallest absolute Gasteiger partial charge is 0.220 e. The summed E-state index contributed by atoms with van der Waals surface area (Å²) in [5, 5.41) is 15.8. The third-order valence-electron chi connectivity index (χ3n) is 4.83. The molecule has 2 aliphatic rings. The normalized spacial score (nSPS) is 28.7. The van der Waals surface area contributed by atoms with Crippen LogP contribution in [0.1, 0.15) is 45.4 Å². The van der Waals surface area contributed by atoms with Crippen LogP contribution in [0.5, 0.6) is 0 Å². The zero-order chi connectivity index (χ0) is 13.7. The number of halogens is 1. The number of hydrogen-bond donors (Lipinski definition) is 3. The van der Waals surface area contributed by atoms with Crippen LogP contribution in [-0.4, -0.2) is 36.8 Å². The Kier molecular flexibility index (Phi) is 7.85. The van der Waals surface area contributed by atoms with Crippen molar-refractivity contribution in [2.24, 2.45) is 17.8 Å². The van der Waals surface area contributed by atoms with E-state index in [9.17, 15) is 9.90 Å². The van der Waals surface area contributed by atoms with Gasteiger partial charge in [0.15, 0.2) is 0 Å². The highest BCUT2D eigenvalue weighted by Gasteiger charge is 2.26. The van der Waals surface area contributed by atoms with E-state index in [0.717, 1.165) is 12.5 Å². The highest BCUT2D eigenvalue weighted by atomic mass is 35.5. The van der Waals surface area contributed by atoms with Gasteiger partial charge in [0.05, 0.1) is 6.10 Å². The molecular formula is C15H29ClN2O2. The third-order valence-corrected chi connectivity index (χ3v) is 4.83. The second-order valence-electron chi connectivity index (χ2n) is 6.37. The summed E-state index contributed by atoms with van der Waals surface area (Å²) in [6.07, 6.45) is 6.94. The summed E-state index contributed by atoms with van der Waals surface area (Å²) in [6.45, 7) is 4.27. The number of β-amino-alcohol motifs (C(OH)–C–C–N with tert-alkyl or cyclic N) is 1. The van der Waals surface area contributed by atoms with E-state index in [1.165, 1.54) is 32.1 Å². The van der Waals surface area contributed by atoms with Crippen molar-refractivity contribution in [3.05, 3.63) is 0 Å². The minimum absolute atomic E-state index is 0. The summed E-state index contributed by atoms with van der Waals surface area (Å²) in [7, 11) is 0. The molecule has 0 aromatic rings. The second kappa shape index (κ2) is 8.85. The van der Waals surface area contributed by atoms with Crippen LogP contribution in [0, 0.1) is 17.8 Å². The third kappa shape index (κ3) is 5.23. The molecule has 0 aromatic heterocycles. The first-order valence-electron chi connectivity index (χ1n) is 7.82. The van der Waals surface area contributed by atoms with Crippen molar-refractivity contribution < 1.29 is 9.90 Å². The molecule has 5 heteroatoms. The standard InChI is InChI=1S/C15H28N2O2.ClH/c1-11(12-5-3-2-4-6-12)7-15(19)17-9-13-8-16-10-14(13)18;/h11-14,16,18H,2-10H2,1H3,(H,17,19);1H. The number of amides is 1. The molecule has 1 aliphatic heterocycles. The highest BCUT2D eigenvalue weighted by molar-refractivity contribution is 5.85. The Balaban J connectivity index is 0.00000200. The van der Waals surface area contributed by atoms with Gasteiger partial charge in [-0.15, -0.1) is 12.4 Å². The van der Waals surface area contributed by atoms with Crippen LogP contribution in [0.4, 0.5) is 0 Å². The van der Waals surface area contributed by atoms with Crippen molar-refractivity contribution >= 4 is 18.3 Å². The number of hydrogen-bond acceptors (Lipinski definition) is 3. The number of nitrogens with one attached hydrogen (secondary N) is 2. The maximum Gasteiger partial charge on any atom is 0.220 e. The van der Waals surface area contributed by atoms with E-state index in [1.54, 1.807) is 0 Å². The average Bonchev–Trinajstić information content (AvgIpc) is 2.83. The maximum absolute atomic E-state index is 11.9. The summed E-state index contributed by atoms with van der Waals surface area (Å²) in [5.74, 6) is 1.55. The van der Waals surface area contributed by atoms with Gasteiger partial charge in [0.1, 0.15) is 0 Å². The van der Waals surface area contributed by atoms with Gasteiger partial charge in [0.2, 0.25) is 5.91 Å². The molecule has 1 saturated carbocycles. The lowest BCUT2D eigenvalue weighted by Crippen LogP contribution is -2.35. The lowest BCUT2D eigenvalue weighted by atomic mass is 9.79. The van der Waals surface area contributed by atoms with Crippen LogP contribution in [0.15, 0.2) is 0 Å². The van der Waals surface area contributed by atoms with Crippen molar-refractivity contribution in [2.75, 3.05) is 19.6 Å². The first-order chi connectivity index (χ1) is 9.16.